The Morgan fingerprint density at radius 1 is 1.24 bits per heavy atom. The number of anilines is 1. The van der Waals surface area contributed by atoms with Crippen LogP contribution < -0.4 is 5.43 Å². The molecule has 0 heterocycles. The number of nitro benzene ring substituents is 1. The fraction of sp³-hybridized carbons (Fsp3) is 0.133. The van der Waals surface area contributed by atoms with Gasteiger partial charge in [0.05, 0.1) is 16.3 Å². The molecule has 6 heteroatoms. The molecule has 0 saturated heterocycles. The van der Waals surface area contributed by atoms with Crippen LogP contribution in [0, 0.1) is 17.0 Å². The number of aryl methyl sites for hydroxylation is 1. The molecule has 0 fully saturated rings. The van der Waals surface area contributed by atoms with Crippen LogP contribution in [0.1, 0.15) is 18.1 Å². The summed E-state index contributed by atoms with van der Waals surface area (Å²) < 4.78 is 0. The monoisotopic (exact) mass is 303 g/mol. The molecule has 0 aliphatic carbocycles. The Hall–Kier alpha value is -2.40. The molecule has 5 nitrogen and oxygen atoms in total. The third-order valence-electron chi connectivity index (χ3n) is 3.03. The van der Waals surface area contributed by atoms with E-state index in [0.717, 1.165) is 22.5 Å². The number of hydrogen-bond acceptors (Lipinski definition) is 4. The van der Waals surface area contributed by atoms with Crippen molar-refractivity contribution in [3.05, 3.63) is 68.7 Å². The molecule has 0 aromatic heterocycles. The third kappa shape index (κ3) is 3.79. The first-order valence-electron chi connectivity index (χ1n) is 6.28. The van der Waals surface area contributed by atoms with E-state index >= 15 is 0 Å². The van der Waals surface area contributed by atoms with Gasteiger partial charge < -0.3 is 0 Å². The summed E-state index contributed by atoms with van der Waals surface area (Å²) in [6, 6.07) is 11.8. The Kier molecular flexibility index (Phi) is 4.55. The van der Waals surface area contributed by atoms with Crippen molar-refractivity contribution < 1.29 is 4.92 Å². The Morgan fingerprint density at radius 3 is 2.48 bits per heavy atom. The van der Waals surface area contributed by atoms with Crippen molar-refractivity contribution >= 4 is 28.7 Å². The summed E-state index contributed by atoms with van der Waals surface area (Å²) in [5, 5.41) is 15.6. The number of non-ortho nitro benzene ring substituents is 1. The van der Waals surface area contributed by atoms with E-state index in [4.69, 9.17) is 11.6 Å². The molecule has 2 aromatic rings. The van der Waals surface area contributed by atoms with Crippen molar-refractivity contribution in [3.63, 3.8) is 0 Å². The maximum atomic E-state index is 10.6. The van der Waals surface area contributed by atoms with Crippen molar-refractivity contribution in [1.82, 2.24) is 0 Å². The lowest BCUT2D eigenvalue weighted by atomic mass is 10.1. The van der Waals surface area contributed by atoms with Crippen LogP contribution in [0.15, 0.2) is 47.6 Å². The van der Waals surface area contributed by atoms with E-state index in [0.29, 0.717) is 5.02 Å². The standard InChI is InChI=1S/C15H14ClN3O2/c1-10-9-13(16)5-8-15(10)18-17-11(2)12-3-6-14(7-4-12)19(20)21/h3-9,18H,1-2H3/b17-11-. The third-order valence-corrected chi connectivity index (χ3v) is 3.26. The van der Waals surface area contributed by atoms with Gasteiger partial charge in [0, 0.05) is 17.2 Å². The topological polar surface area (TPSA) is 67.5 Å². The Balaban J connectivity index is 2.15. The summed E-state index contributed by atoms with van der Waals surface area (Å²) in [6.07, 6.45) is 0. The van der Waals surface area contributed by atoms with Gasteiger partial charge in [-0.15, -0.1) is 0 Å². The van der Waals surface area contributed by atoms with Crippen LogP contribution in [-0.2, 0) is 0 Å². The lowest BCUT2D eigenvalue weighted by Gasteiger charge is -2.07. The molecule has 0 unspecified atom stereocenters. The molecular weight excluding hydrogens is 290 g/mol. The first-order valence-corrected chi connectivity index (χ1v) is 6.66. The Morgan fingerprint density at radius 2 is 1.90 bits per heavy atom. The van der Waals surface area contributed by atoms with Gasteiger partial charge in [0.2, 0.25) is 0 Å². The van der Waals surface area contributed by atoms with Crippen molar-refractivity contribution in [1.29, 1.82) is 0 Å². The number of benzene rings is 2. The summed E-state index contributed by atoms with van der Waals surface area (Å²) in [5.41, 5.74) is 6.44. The summed E-state index contributed by atoms with van der Waals surface area (Å²) in [5.74, 6) is 0. The minimum Gasteiger partial charge on any atom is -0.278 e. The average Bonchev–Trinajstić information content (AvgIpc) is 2.46. The molecule has 0 atom stereocenters. The summed E-state index contributed by atoms with van der Waals surface area (Å²) >= 11 is 5.90. The summed E-state index contributed by atoms with van der Waals surface area (Å²) in [7, 11) is 0. The maximum absolute atomic E-state index is 10.6. The van der Waals surface area contributed by atoms with Gasteiger partial charge in [-0.05, 0) is 55.3 Å². The van der Waals surface area contributed by atoms with Crippen LogP contribution in [0.5, 0.6) is 0 Å². The van der Waals surface area contributed by atoms with Crippen LogP contribution in [-0.4, -0.2) is 10.6 Å². The second kappa shape index (κ2) is 6.37. The van der Waals surface area contributed by atoms with Crippen molar-refractivity contribution in [3.8, 4) is 0 Å². The average molecular weight is 304 g/mol. The molecule has 0 saturated carbocycles. The van der Waals surface area contributed by atoms with Gasteiger partial charge in [-0.3, -0.25) is 15.5 Å². The van der Waals surface area contributed by atoms with Gasteiger partial charge in [-0.1, -0.05) is 11.6 Å². The van der Waals surface area contributed by atoms with Crippen LogP contribution >= 0.6 is 11.6 Å². The zero-order valence-electron chi connectivity index (χ0n) is 11.6. The highest BCUT2D eigenvalue weighted by Crippen LogP contribution is 2.20. The maximum Gasteiger partial charge on any atom is 0.269 e. The van der Waals surface area contributed by atoms with E-state index in [2.05, 4.69) is 10.5 Å². The first-order chi connectivity index (χ1) is 9.97. The number of nitrogens with zero attached hydrogens (tertiary/aromatic N) is 2. The minimum atomic E-state index is -0.425. The number of nitrogens with one attached hydrogen (secondary N) is 1. The van der Waals surface area contributed by atoms with Gasteiger partial charge in [-0.25, -0.2) is 0 Å². The second-order valence-corrected chi connectivity index (χ2v) is 5.01. The highest BCUT2D eigenvalue weighted by molar-refractivity contribution is 6.30. The highest BCUT2D eigenvalue weighted by atomic mass is 35.5. The lowest BCUT2D eigenvalue weighted by molar-refractivity contribution is -0.384. The first kappa shape index (κ1) is 15.0. The van der Waals surface area contributed by atoms with Crippen molar-refractivity contribution in [2.75, 3.05) is 5.43 Å². The molecule has 0 radical (unpaired) electrons. The molecule has 0 aliphatic heterocycles. The van der Waals surface area contributed by atoms with E-state index in [9.17, 15) is 10.1 Å². The number of hydrazone groups is 1. The van der Waals surface area contributed by atoms with Gasteiger partial charge in [0.25, 0.3) is 5.69 Å². The van der Waals surface area contributed by atoms with E-state index < -0.39 is 4.92 Å². The Labute approximate surface area is 127 Å². The van der Waals surface area contributed by atoms with E-state index in [1.165, 1.54) is 12.1 Å². The molecule has 0 bridgehead atoms. The fourth-order valence-corrected chi connectivity index (χ4v) is 2.01. The molecule has 0 spiro atoms. The van der Waals surface area contributed by atoms with Crippen molar-refractivity contribution in [2.24, 2.45) is 5.10 Å². The molecule has 0 amide bonds. The summed E-state index contributed by atoms with van der Waals surface area (Å²) in [4.78, 5) is 10.2. The van der Waals surface area contributed by atoms with E-state index in [-0.39, 0.29) is 5.69 Å². The normalized spacial score (nSPS) is 11.3. The number of nitro groups is 1. The zero-order valence-corrected chi connectivity index (χ0v) is 12.4. The van der Waals surface area contributed by atoms with Gasteiger partial charge in [-0.2, -0.15) is 5.10 Å². The Bertz CT molecular complexity index is 697. The molecule has 1 N–H and O–H groups in total. The quantitative estimate of drug-likeness (QED) is 0.517. The summed E-state index contributed by atoms with van der Waals surface area (Å²) in [6.45, 7) is 3.77. The van der Waals surface area contributed by atoms with E-state index in [1.54, 1.807) is 18.2 Å². The number of hydrogen-bond donors (Lipinski definition) is 1. The minimum absolute atomic E-state index is 0.0630. The predicted molar refractivity (Wildman–Crippen MR) is 85.1 cm³/mol. The number of halogens is 1. The van der Waals surface area contributed by atoms with Crippen LogP contribution in [0.4, 0.5) is 11.4 Å². The second-order valence-electron chi connectivity index (χ2n) is 4.57. The molecule has 0 aliphatic rings. The molecule has 21 heavy (non-hydrogen) atoms. The molecule has 2 aromatic carbocycles. The largest absolute Gasteiger partial charge is 0.278 e. The highest BCUT2D eigenvalue weighted by Gasteiger charge is 2.05. The fourth-order valence-electron chi connectivity index (χ4n) is 1.79. The van der Waals surface area contributed by atoms with Crippen LogP contribution in [0.3, 0.4) is 0 Å². The lowest BCUT2D eigenvalue weighted by Crippen LogP contribution is -2.01. The molecular formula is C15H14ClN3O2. The zero-order chi connectivity index (χ0) is 15.4. The van der Waals surface area contributed by atoms with Crippen LogP contribution in [0.25, 0.3) is 0 Å². The van der Waals surface area contributed by atoms with Gasteiger partial charge in [0.1, 0.15) is 0 Å². The van der Waals surface area contributed by atoms with Crippen molar-refractivity contribution in [2.45, 2.75) is 13.8 Å². The molecule has 108 valence electrons. The van der Waals surface area contributed by atoms with E-state index in [1.807, 2.05) is 26.0 Å². The van der Waals surface area contributed by atoms with Crippen LogP contribution in [0.2, 0.25) is 5.02 Å². The molecule has 2 rings (SSSR count). The smallest absolute Gasteiger partial charge is 0.269 e. The number of rotatable bonds is 4. The van der Waals surface area contributed by atoms with Gasteiger partial charge >= 0.3 is 0 Å². The SMILES string of the molecule is C/C(=N/Nc1ccc(Cl)cc1C)c1ccc([N+](=O)[O-])cc1. The predicted octanol–water partition coefficient (Wildman–Crippen LogP) is 4.39. The van der Waals surface area contributed by atoms with Gasteiger partial charge in [0.15, 0.2) is 0 Å².